The maximum Gasteiger partial charge on any atom is 0.338 e. The minimum atomic E-state index is -1.20. The maximum absolute atomic E-state index is 12.7. The topological polar surface area (TPSA) is 122 Å². The molecule has 0 amide bonds. The van der Waals surface area contributed by atoms with Gasteiger partial charge in [-0.25, -0.2) is 4.79 Å². The van der Waals surface area contributed by atoms with Crippen LogP contribution in [0.15, 0.2) is 28.1 Å². The number of hydrogen-bond acceptors (Lipinski definition) is 7. The lowest BCUT2D eigenvalue weighted by Crippen LogP contribution is -2.47. The van der Waals surface area contributed by atoms with Gasteiger partial charge in [0.25, 0.3) is 0 Å². The van der Waals surface area contributed by atoms with Crippen LogP contribution in [0.25, 0.3) is 0 Å². The highest BCUT2D eigenvalue weighted by molar-refractivity contribution is 7.80. The molecule has 1 fully saturated rings. The first-order valence-electron chi connectivity index (χ1n) is 8.46. The molecular formula is C18H19N2O5S-. The van der Waals surface area contributed by atoms with Crippen molar-refractivity contribution in [3.05, 3.63) is 35.2 Å². The Bertz CT molecular complexity index is 801. The molecule has 0 saturated heterocycles. The molecule has 1 saturated carbocycles. The van der Waals surface area contributed by atoms with Gasteiger partial charge in [0, 0.05) is 0 Å². The lowest BCUT2D eigenvalue weighted by Gasteiger charge is -2.47. The molecule has 2 aliphatic rings. The average Bonchev–Trinajstić information content (AvgIpc) is 3.00. The number of furan rings is 1. The SMILES string of the molecule is Cc1ccc(C(C2=C([O-])OC3(CCCCC3)OC2=O)C(C#N)C(N)=S)o1. The lowest BCUT2D eigenvalue weighted by atomic mass is 9.83. The number of hydrogen-bond donors (Lipinski definition) is 1. The predicted octanol–water partition coefficient (Wildman–Crippen LogP) is 1.90. The Labute approximate surface area is 156 Å². The van der Waals surface area contributed by atoms with Gasteiger partial charge >= 0.3 is 5.97 Å². The molecule has 1 aromatic rings. The van der Waals surface area contributed by atoms with Crippen LogP contribution in [0.2, 0.25) is 0 Å². The van der Waals surface area contributed by atoms with Crippen molar-refractivity contribution in [3.8, 4) is 6.07 Å². The summed E-state index contributed by atoms with van der Waals surface area (Å²) in [5, 5.41) is 22.3. The third-order valence-corrected chi connectivity index (χ3v) is 5.02. The van der Waals surface area contributed by atoms with Crippen molar-refractivity contribution in [2.24, 2.45) is 11.7 Å². The first kappa shape index (κ1) is 18.3. The van der Waals surface area contributed by atoms with E-state index in [2.05, 4.69) is 0 Å². The van der Waals surface area contributed by atoms with E-state index in [1.54, 1.807) is 19.1 Å². The van der Waals surface area contributed by atoms with E-state index in [0.717, 1.165) is 19.3 Å². The Morgan fingerprint density at radius 2 is 2.04 bits per heavy atom. The molecule has 0 aromatic carbocycles. The second-order valence-corrected chi connectivity index (χ2v) is 7.07. The van der Waals surface area contributed by atoms with Gasteiger partial charge in [0.1, 0.15) is 17.4 Å². The van der Waals surface area contributed by atoms with Crippen LogP contribution in [-0.4, -0.2) is 16.7 Å². The molecule has 0 bridgehead atoms. The highest BCUT2D eigenvalue weighted by Crippen LogP contribution is 2.43. The monoisotopic (exact) mass is 375 g/mol. The van der Waals surface area contributed by atoms with E-state index < -0.39 is 29.5 Å². The molecular weight excluding hydrogens is 356 g/mol. The molecule has 3 rings (SSSR count). The van der Waals surface area contributed by atoms with Gasteiger partial charge in [0.05, 0.1) is 28.5 Å². The third-order valence-electron chi connectivity index (χ3n) is 4.77. The smallest absolute Gasteiger partial charge is 0.338 e. The number of carbonyl (C=O) groups excluding carboxylic acids is 1. The lowest BCUT2D eigenvalue weighted by molar-refractivity contribution is -0.402. The van der Waals surface area contributed by atoms with Crippen molar-refractivity contribution in [2.45, 2.75) is 50.7 Å². The molecule has 2 unspecified atom stereocenters. The zero-order valence-corrected chi connectivity index (χ0v) is 15.1. The second kappa shape index (κ2) is 7.00. The number of carbonyl (C=O) groups is 1. The number of nitrogens with two attached hydrogens (primary N) is 1. The van der Waals surface area contributed by atoms with E-state index >= 15 is 0 Å². The highest BCUT2D eigenvalue weighted by Gasteiger charge is 2.44. The standard InChI is InChI=1S/C18H20N2O5S/c1-10-5-6-12(23-10)13(11(9-19)15(20)26)14-16(21)24-18(25-17(14)22)7-3-2-4-8-18/h5-6,11,13,21H,2-4,7-8H2,1H3,(H2,20,26)/p-1. The van der Waals surface area contributed by atoms with Crippen LogP contribution in [0, 0.1) is 24.2 Å². The molecule has 8 heteroatoms. The van der Waals surface area contributed by atoms with Crippen LogP contribution >= 0.6 is 12.2 Å². The fourth-order valence-electron chi connectivity index (χ4n) is 3.50. The number of aryl methyl sites for hydroxylation is 1. The van der Waals surface area contributed by atoms with Crippen molar-refractivity contribution >= 4 is 23.2 Å². The first-order chi connectivity index (χ1) is 12.4. The Balaban J connectivity index is 2.05. The minimum Gasteiger partial charge on any atom is -0.574 e. The van der Waals surface area contributed by atoms with Gasteiger partial charge in [-0.05, 0) is 44.7 Å². The van der Waals surface area contributed by atoms with Gasteiger partial charge in [0.15, 0.2) is 5.79 Å². The Morgan fingerprint density at radius 3 is 2.54 bits per heavy atom. The second-order valence-electron chi connectivity index (χ2n) is 6.60. The molecule has 2 N–H and O–H groups in total. The maximum atomic E-state index is 12.7. The Kier molecular flexibility index (Phi) is 4.92. The number of rotatable bonds is 4. The van der Waals surface area contributed by atoms with E-state index in [1.165, 1.54) is 0 Å². The zero-order chi connectivity index (χ0) is 18.9. The molecule has 0 radical (unpaired) electrons. The van der Waals surface area contributed by atoms with E-state index in [9.17, 15) is 15.2 Å². The molecule has 1 aliphatic carbocycles. The highest BCUT2D eigenvalue weighted by atomic mass is 32.1. The van der Waals surface area contributed by atoms with Gasteiger partial charge in [-0.1, -0.05) is 18.6 Å². The van der Waals surface area contributed by atoms with Crippen LogP contribution in [0.3, 0.4) is 0 Å². The van der Waals surface area contributed by atoms with Crippen LogP contribution < -0.4 is 10.8 Å². The van der Waals surface area contributed by atoms with E-state index in [-0.39, 0.29) is 16.3 Å². The first-order valence-corrected chi connectivity index (χ1v) is 8.86. The summed E-state index contributed by atoms with van der Waals surface area (Å²) in [6.45, 7) is 1.71. The quantitative estimate of drug-likeness (QED) is 0.625. The fourth-order valence-corrected chi connectivity index (χ4v) is 3.69. The number of nitrogens with zero attached hydrogens (tertiary/aromatic N) is 1. The van der Waals surface area contributed by atoms with Crippen molar-refractivity contribution in [3.63, 3.8) is 0 Å². The van der Waals surface area contributed by atoms with Crippen LogP contribution in [0.1, 0.15) is 49.5 Å². The van der Waals surface area contributed by atoms with Gasteiger partial charge in [-0.15, -0.1) is 0 Å². The van der Waals surface area contributed by atoms with E-state index in [4.69, 9.17) is 31.8 Å². The van der Waals surface area contributed by atoms with Gasteiger partial charge in [0.2, 0.25) is 0 Å². The number of thiocarbonyl (C=S) groups is 1. The minimum absolute atomic E-state index is 0.141. The summed E-state index contributed by atoms with van der Waals surface area (Å²) in [5.74, 6) is -4.20. The number of nitriles is 1. The Morgan fingerprint density at radius 1 is 1.35 bits per heavy atom. The van der Waals surface area contributed by atoms with Crippen molar-refractivity contribution in [1.29, 1.82) is 5.26 Å². The fraction of sp³-hybridized carbons (Fsp3) is 0.500. The Hall–Kier alpha value is -2.53. The molecule has 1 aromatic heterocycles. The molecule has 2 heterocycles. The van der Waals surface area contributed by atoms with Gasteiger partial charge in [-0.3, -0.25) is 0 Å². The van der Waals surface area contributed by atoms with Crippen LogP contribution in [0.4, 0.5) is 0 Å². The summed E-state index contributed by atoms with van der Waals surface area (Å²) in [7, 11) is 0. The summed E-state index contributed by atoms with van der Waals surface area (Å²) in [6.07, 6.45) is 3.56. The van der Waals surface area contributed by atoms with Gasteiger partial charge < -0.3 is 24.7 Å². The summed E-state index contributed by atoms with van der Waals surface area (Å²) < 4.78 is 16.6. The van der Waals surface area contributed by atoms with Crippen LogP contribution in [-0.2, 0) is 14.3 Å². The number of ether oxygens (including phenoxy) is 2. The average molecular weight is 375 g/mol. The largest absolute Gasteiger partial charge is 0.574 e. The van der Waals surface area contributed by atoms with E-state index in [1.807, 2.05) is 6.07 Å². The van der Waals surface area contributed by atoms with E-state index in [0.29, 0.717) is 18.6 Å². The van der Waals surface area contributed by atoms with Crippen molar-refractivity contribution in [2.75, 3.05) is 0 Å². The molecule has 1 aliphatic heterocycles. The van der Waals surface area contributed by atoms with Crippen LogP contribution in [0.5, 0.6) is 0 Å². The normalized spacial score (nSPS) is 21.5. The predicted molar refractivity (Wildman–Crippen MR) is 92.1 cm³/mol. The molecule has 138 valence electrons. The molecule has 1 spiro atoms. The molecule has 26 heavy (non-hydrogen) atoms. The summed E-state index contributed by atoms with van der Waals surface area (Å²) in [5.41, 5.74) is 5.37. The van der Waals surface area contributed by atoms with Gasteiger partial charge in [-0.2, -0.15) is 5.26 Å². The summed E-state index contributed by atoms with van der Waals surface area (Å²) in [4.78, 5) is 12.6. The third kappa shape index (κ3) is 3.27. The summed E-state index contributed by atoms with van der Waals surface area (Å²) >= 11 is 4.96. The van der Waals surface area contributed by atoms with Crippen molar-refractivity contribution < 1.29 is 23.8 Å². The zero-order valence-electron chi connectivity index (χ0n) is 14.3. The van der Waals surface area contributed by atoms with Crippen molar-refractivity contribution in [1.82, 2.24) is 0 Å². The molecule has 7 nitrogen and oxygen atoms in total. The number of esters is 1. The molecule has 2 atom stereocenters. The summed E-state index contributed by atoms with van der Waals surface area (Å²) in [6, 6.07) is 5.21.